The maximum Gasteiger partial charge on any atom is 0.307 e. The Labute approximate surface area is 105 Å². The summed E-state index contributed by atoms with van der Waals surface area (Å²) in [5.41, 5.74) is 8.36. The Balaban J connectivity index is 2.25. The molecule has 0 aliphatic rings. The average Bonchev–Trinajstić information content (AvgIpc) is 2.60. The Hall–Kier alpha value is -2.30. The van der Waals surface area contributed by atoms with Gasteiger partial charge >= 0.3 is 5.97 Å². The molecule has 3 N–H and O–H groups in total. The SMILES string of the molecule is Cc1cn(Cc2ccccc2CC(=O)O)nc1N. The molecule has 0 atom stereocenters. The van der Waals surface area contributed by atoms with Gasteiger partial charge in [0.1, 0.15) is 5.82 Å². The summed E-state index contributed by atoms with van der Waals surface area (Å²) in [5.74, 6) is -0.329. The zero-order chi connectivity index (χ0) is 13.1. The molecule has 0 radical (unpaired) electrons. The largest absolute Gasteiger partial charge is 0.481 e. The van der Waals surface area contributed by atoms with E-state index in [2.05, 4.69) is 5.10 Å². The molecule has 2 rings (SSSR count). The smallest absolute Gasteiger partial charge is 0.307 e. The molecule has 5 nitrogen and oxygen atoms in total. The van der Waals surface area contributed by atoms with E-state index in [-0.39, 0.29) is 6.42 Å². The van der Waals surface area contributed by atoms with Crippen LogP contribution >= 0.6 is 0 Å². The Kier molecular flexibility index (Phi) is 3.32. The van der Waals surface area contributed by atoms with Crippen molar-refractivity contribution in [1.29, 1.82) is 0 Å². The number of aliphatic carboxylic acids is 1. The fraction of sp³-hybridized carbons (Fsp3) is 0.231. The van der Waals surface area contributed by atoms with Crippen molar-refractivity contribution >= 4 is 11.8 Å². The van der Waals surface area contributed by atoms with Crippen molar-refractivity contribution in [1.82, 2.24) is 9.78 Å². The lowest BCUT2D eigenvalue weighted by molar-refractivity contribution is -0.136. The summed E-state index contributed by atoms with van der Waals surface area (Å²) in [6, 6.07) is 7.46. The highest BCUT2D eigenvalue weighted by molar-refractivity contribution is 5.70. The standard InChI is InChI=1S/C13H15N3O2/c1-9-7-16(15-13(9)14)8-11-5-3-2-4-10(11)6-12(17)18/h2-5,7H,6,8H2,1H3,(H2,14,15)(H,17,18). The van der Waals surface area contributed by atoms with Crippen molar-refractivity contribution < 1.29 is 9.90 Å². The zero-order valence-electron chi connectivity index (χ0n) is 10.1. The molecule has 0 aliphatic carbocycles. The maximum absolute atomic E-state index is 10.8. The molecular weight excluding hydrogens is 230 g/mol. The van der Waals surface area contributed by atoms with Gasteiger partial charge in [-0.25, -0.2) is 0 Å². The molecule has 94 valence electrons. The van der Waals surface area contributed by atoms with Gasteiger partial charge in [0.25, 0.3) is 0 Å². The van der Waals surface area contributed by atoms with Crippen LogP contribution in [0.25, 0.3) is 0 Å². The molecule has 2 aromatic rings. The van der Waals surface area contributed by atoms with Gasteiger partial charge in [-0.05, 0) is 18.1 Å². The molecular formula is C13H15N3O2. The second-order valence-electron chi connectivity index (χ2n) is 4.23. The average molecular weight is 245 g/mol. The predicted molar refractivity (Wildman–Crippen MR) is 68.3 cm³/mol. The summed E-state index contributed by atoms with van der Waals surface area (Å²) < 4.78 is 1.73. The number of aryl methyl sites for hydroxylation is 1. The summed E-state index contributed by atoms with van der Waals surface area (Å²) in [6.07, 6.45) is 1.87. The van der Waals surface area contributed by atoms with Crippen LogP contribution in [0.1, 0.15) is 16.7 Å². The normalized spacial score (nSPS) is 10.5. The summed E-state index contributed by atoms with van der Waals surface area (Å²) in [6.45, 7) is 2.42. The molecule has 5 heteroatoms. The molecule has 0 bridgehead atoms. The van der Waals surface area contributed by atoms with E-state index in [0.717, 1.165) is 16.7 Å². The highest BCUT2D eigenvalue weighted by Crippen LogP contribution is 2.13. The number of nitrogen functional groups attached to an aromatic ring is 1. The first-order valence-electron chi connectivity index (χ1n) is 5.64. The number of rotatable bonds is 4. The van der Waals surface area contributed by atoms with Crippen LogP contribution in [0.2, 0.25) is 0 Å². The quantitative estimate of drug-likeness (QED) is 0.854. The third kappa shape index (κ3) is 2.68. The molecule has 0 unspecified atom stereocenters. The summed E-state index contributed by atoms with van der Waals surface area (Å²) in [5, 5.41) is 13.0. The van der Waals surface area contributed by atoms with Crippen LogP contribution < -0.4 is 5.73 Å². The van der Waals surface area contributed by atoms with Crippen LogP contribution in [0.4, 0.5) is 5.82 Å². The number of anilines is 1. The van der Waals surface area contributed by atoms with E-state index < -0.39 is 5.97 Å². The predicted octanol–water partition coefficient (Wildman–Crippen LogP) is 1.45. The van der Waals surface area contributed by atoms with Gasteiger partial charge in [-0.15, -0.1) is 0 Å². The lowest BCUT2D eigenvalue weighted by atomic mass is 10.0. The number of hydrogen-bond donors (Lipinski definition) is 2. The Morgan fingerprint density at radius 1 is 1.39 bits per heavy atom. The summed E-state index contributed by atoms with van der Waals surface area (Å²) in [4.78, 5) is 10.8. The van der Waals surface area contributed by atoms with E-state index in [1.54, 1.807) is 4.68 Å². The number of carboxylic acids is 1. The van der Waals surface area contributed by atoms with E-state index in [1.807, 2.05) is 37.4 Å². The van der Waals surface area contributed by atoms with Crippen LogP contribution in [0.5, 0.6) is 0 Å². The summed E-state index contributed by atoms with van der Waals surface area (Å²) in [7, 11) is 0. The highest BCUT2D eigenvalue weighted by Gasteiger charge is 2.08. The van der Waals surface area contributed by atoms with Crippen LogP contribution in [0.15, 0.2) is 30.5 Å². The van der Waals surface area contributed by atoms with Gasteiger partial charge in [-0.3, -0.25) is 9.48 Å². The van der Waals surface area contributed by atoms with E-state index >= 15 is 0 Å². The second kappa shape index (κ2) is 4.91. The lowest BCUT2D eigenvalue weighted by Crippen LogP contribution is -2.07. The molecule has 0 aliphatic heterocycles. The fourth-order valence-corrected chi connectivity index (χ4v) is 1.84. The van der Waals surface area contributed by atoms with Crippen molar-refractivity contribution in [3.63, 3.8) is 0 Å². The molecule has 0 amide bonds. The minimum atomic E-state index is -0.835. The molecule has 0 spiro atoms. The van der Waals surface area contributed by atoms with Gasteiger partial charge in [-0.1, -0.05) is 24.3 Å². The van der Waals surface area contributed by atoms with Gasteiger partial charge in [-0.2, -0.15) is 5.10 Å². The minimum Gasteiger partial charge on any atom is -0.481 e. The molecule has 1 aromatic carbocycles. The van der Waals surface area contributed by atoms with Crippen molar-refractivity contribution in [3.05, 3.63) is 47.2 Å². The van der Waals surface area contributed by atoms with E-state index in [9.17, 15) is 4.79 Å². The van der Waals surface area contributed by atoms with Crippen LogP contribution in [0, 0.1) is 6.92 Å². The van der Waals surface area contributed by atoms with Crippen molar-refractivity contribution in [2.75, 3.05) is 5.73 Å². The Bertz CT molecular complexity index is 556. The molecule has 0 saturated heterocycles. The summed E-state index contributed by atoms with van der Waals surface area (Å²) >= 11 is 0. The molecule has 0 fully saturated rings. The van der Waals surface area contributed by atoms with Gasteiger partial charge in [0, 0.05) is 11.8 Å². The number of benzene rings is 1. The number of nitrogens with zero attached hydrogens (tertiary/aromatic N) is 2. The number of carboxylic acid groups (broad SMARTS) is 1. The minimum absolute atomic E-state index is 0.0197. The zero-order valence-corrected chi connectivity index (χ0v) is 10.1. The van der Waals surface area contributed by atoms with Gasteiger partial charge < -0.3 is 10.8 Å². The molecule has 1 aromatic heterocycles. The number of carbonyl (C=O) groups is 1. The Morgan fingerprint density at radius 2 is 2.06 bits per heavy atom. The third-order valence-corrected chi connectivity index (χ3v) is 2.78. The third-order valence-electron chi connectivity index (χ3n) is 2.78. The van der Waals surface area contributed by atoms with E-state index in [1.165, 1.54) is 0 Å². The van der Waals surface area contributed by atoms with Gasteiger partial charge in [0.2, 0.25) is 0 Å². The molecule has 1 heterocycles. The second-order valence-corrected chi connectivity index (χ2v) is 4.23. The lowest BCUT2D eigenvalue weighted by Gasteiger charge is -2.07. The molecule has 0 saturated carbocycles. The van der Waals surface area contributed by atoms with E-state index in [0.29, 0.717) is 12.4 Å². The van der Waals surface area contributed by atoms with Crippen LogP contribution in [-0.2, 0) is 17.8 Å². The van der Waals surface area contributed by atoms with Gasteiger partial charge in [0.05, 0.1) is 13.0 Å². The first-order valence-corrected chi connectivity index (χ1v) is 5.64. The van der Waals surface area contributed by atoms with E-state index in [4.69, 9.17) is 10.8 Å². The van der Waals surface area contributed by atoms with Gasteiger partial charge in [0.15, 0.2) is 0 Å². The number of aromatic nitrogens is 2. The monoisotopic (exact) mass is 245 g/mol. The van der Waals surface area contributed by atoms with Crippen molar-refractivity contribution in [3.8, 4) is 0 Å². The number of nitrogens with two attached hydrogens (primary N) is 1. The highest BCUT2D eigenvalue weighted by atomic mass is 16.4. The molecule has 18 heavy (non-hydrogen) atoms. The van der Waals surface area contributed by atoms with Crippen LogP contribution in [0.3, 0.4) is 0 Å². The topological polar surface area (TPSA) is 81.1 Å². The first-order chi connectivity index (χ1) is 8.56. The van der Waals surface area contributed by atoms with Crippen LogP contribution in [-0.4, -0.2) is 20.9 Å². The first kappa shape index (κ1) is 12.2. The maximum atomic E-state index is 10.8. The van der Waals surface area contributed by atoms with Crippen molar-refractivity contribution in [2.24, 2.45) is 0 Å². The number of hydrogen-bond acceptors (Lipinski definition) is 3. The Morgan fingerprint density at radius 3 is 2.61 bits per heavy atom. The van der Waals surface area contributed by atoms with Crippen molar-refractivity contribution in [2.45, 2.75) is 19.9 Å². The fourth-order valence-electron chi connectivity index (χ4n) is 1.84.